The van der Waals surface area contributed by atoms with E-state index in [1.807, 2.05) is 19.1 Å². The summed E-state index contributed by atoms with van der Waals surface area (Å²) in [4.78, 5) is 4.36. The number of hydrogen-bond donors (Lipinski definition) is 2. The molecule has 18 heavy (non-hydrogen) atoms. The van der Waals surface area contributed by atoms with E-state index >= 15 is 0 Å². The maximum atomic E-state index is 9.26. The fraction of sp³-hybridized carbons (Fsp3) is 0.273. The number of benzene rings is 1. The van der Waals surface area contributed by atoms with Crippen molar-refractivity contribution in [3.63, 3.8) is 0 Å². The van der Waals surface area contributed by atoms with Gasteiger partial charge >= 0.3 is 7.12 Å². The second-order valence-electron chi connectivity index (χ2n) is 3.69. The van der Waals surface area contributed by atoms with E-state index in [0.29, 0.717) is 11.2 Å². The van der Waals surface area contributed by atoms with Crippen LogP contribution in [-0.2, 0) is 12.2 Å². The van der Waals surface area contributed by atoms with Gasteiger partial charge in [0.2, 0.25) is 0 Å². The quantitative estimate of drug-likeness (QED) is 0.633. The van der Waals surface area contributed by atoms with Crippen molar-refractivity contribution >= 4 is 35.9 Å². The molecule has 94 valence electrons. The first-order chi connectivity index (χ1) is 8.70. The highest BCUT2D eigenvalue weighted by Crippen LogP contribution is 2.23. The lowest BCUT2D eigenvalue weighted by Crippen LogP contribution is -2.32. The molecule has 0 aliphatic heterocycles. The fourth-order valence-corrected chi connectivity index (χ4v) is 3.21. The topological polar surface area (TPSA) is 66.2 Å². The zero-order valence-corrected chi connectivity index (χ0v) is 11.5. The van der Waals surface area contributed by atoms with Gasteiger partial charge in [-0.05, 0) is 22.6 Å². The average molecular weight is 280 g/mol. The molecule has 0 amide bonds. The maximum absolute atomic E-state index is 9.26. The maximum Gasteiger partial charge on any atom is 0.488 e. The summed E-state index contributed by atoms with van der Waals surface area (Å²) in [5.41, 5.74) is 1.45. The number of aryl methyl sites for hydroxylation is 1. The van der Waals surface area contributed by atoms with Crippen molar-refractivity contribution in [3.05, 3.63) is 35.7 Å². The monoisotopic (exact) mass is 280 g/mol. The molecule has 2 rings (SSSR count). The van der Waals surface area contributed by atoms with Crippen LogP contribution >= 0.6 is 23.3 Å². The summed E-state index contributed by atoms with van der Waals surface area (Å²) in [5.74, 6) is 1.52. The molecule has 4 nitrogen and oxygen atoms in total. The summed E-state index contributed by atoms with van der Waals surface area (Å²) in [6.07, 6.45) is 0.836. The van der Waals surface area contributed by atoms with E-state index < -0.39 is 7.12 Å². The Morgan fingerprint density at radius 3 is 2.78 bits per heavy atom. The van der Waals surface area contributed by atoms with Crippen LogP contribution in [0.3, 0.4) is 0 Å². The predicted octanol–water partition coefficient (Wildman–Crippen LogP) is 1.07. The highest BCUT2D eigenvalue weighted by atomic mass is 32.2. The Morgan fingerprint density at radius 2 is 2.11 bits per heavy atom. The molecule has 0 bridgehead atoms. The zero-order chi connectivity index (χ0) is 13.0. The van der Waals surface area contributed by atoms with Crippen LogP contribution in [0.25, 0.3) is 0 Å². The molecule has 0 aliphatic carbocycles. The minimum Gasteiger partial charge on any atom is -0.423 e. The Hall–Kier alpha value is -0.885. The van der Waals surface area contributed by atoms with Gasteiger partial charge in [0.1, 0.15) is 5.82 Å². The largest absolute Gasteiger partial charge is 0.488 e. The van der Waals surface area contributed by atoms with Crippen LogP contribution in [0.15, 0.2) is 28.6 Å². The van der Waals surface area contributed by atoms with Crippen LogP contribution in [0.4, 0.5) is 0 Å². The molecule has 7 heteroatoms. The highest BCUT2D eigenvalue weighted by Gasteiger charge is 2.15. The van der Waals surface area contributed by atoms with Gasteiger partial charge in [-0.3, -0.25) is 0 Å². The van der Waals surface area contributed by atoms with Gasteiger partial charge in [-0.1, -0.05) is 43.0 Å². The molecule has 0 spiro atoms. The second kappa shape index (κ2) is 6.33. The van der Waals surface area contributed by atoms with Crippen molar-refractivity contribution in [2.75, 3.05) is 0 Å². The summed E-state index contributed by atoms with van der Waals surface area (Å²) in [7, 11) is -1.43. The van der Waals surface area contributed by atoms with Gasteiger partial charge in [0.05, 0.1) is 0 Å². The SMILES string of the molecule is CCc1nsc(SCc2ccccc2B(O)O)n1. The van der Waals surface area contributed by atoms with E-state index in [0.717, 1.165) is 22.1 Å². The standard InChI is InChI=1S/C11H13BN2O2S2/c1-2-10-13-11(18-14-10)17-7-8-5-3-4-6-9(8)12(15)16/h3-6,15-16H,2,7H2,1H3. The molecule has 0 atom stereocenters. The van der Waals surface area contributed by atoms with Gasteiger partial charge < -0.3 is 10.0 Å². The second-order valence-corrected chi connectivity index (χ2v) is 5.67. The third-order valence-electron chi connectivity index (χ3n) is 2.45. The molecule has 0 fully saturated rings. The van der Waals surface area contributed by atoms with Crippen LogP contribution in [0.1, 0.15) is 18.3 Å². The van der Waals surface area contributed by atoms with Crippen LogP contribution in [0.2, 0.25) is 0 Å². The van der Waals surface area contributed by atoms with E-state index in [4.69, 9.17) is 0 Å². The lowest BCUT2D eigenvalue weighted by molar-refractivity contribution is 0.425. The average Bonchev–Trinajstić information content (AvgIpc) is 2.84. The van der Waals surface area contributed by atoms with Crippen LogP contribution < -0.4 is 5.46 Å². The highest BCUT2D eigenvalue weighted by molar-refractivity contribution is 8.00. The molecule has 0 saturated carbocycles. The molecule has 2 N–H and O–H groups in total. The normalized spacial score (nSPS) is 10.6. The van der Waals surface area contributed by atoms with Crippen molar-refractivity contribution in [2.45, 2.75) is 23.4 Å². The zero-order valence-electron chi connectivity index (χ0n) is 9.91. The summed E-state index contributed by atoms with van der Waals surface area (Å²) in [6.45, 7) is 2.02. The first kappa shape index (κ1) is 13.5. The number of nitrogens with zero attached hydrogens (tertiary/aromatic N) is 2. The van der Waals surface area contributed by atoms with Crippen molar-refractivity contribution in [2.24, 2.45) is 0 Å². The number of thioether (sulfide) groups is 1. The third kappa shape index (κ3) is 3.32. The summed E-state index contributed by atoms with van der Waals surface area (Å²) >= 11 is 2.95. The Balaban J connectivity index is 2.05. The molecule has 0 aliphatic rings. The van der Waals surface area contributed by atoms with E-state index in [2.05, 4.69) is 9.36 Å². The third-order valence-corrected chi connectivity index (χ3v) is 4.37. The minimum absolute atomic E-state index is 0.547. The van der Waals surface area contributed by atoms with Gasteiger partial charge in [0, 0.05) is 12.2 Å². The number of hydrogen-bond acceptors (Lipinski definition) is 6. The molecular formula is C11H13BN2O2S2. The Morgan fingerprint density at radius 1 is 1.33 bits per heavy atom. The number of rotatable bonds is 5. The molecule has 1 aromatic heterocycles. The van der Waals surface area contributed by atoms with Crippen molar-refractivity contribution in [1.29, 1.82) is 0 Å². The van der Waals surface area contributed by atoms with Gasteiger partial charge in [-0.15, -0.1) is 0 Å². The van der Waals surface area contributed by atoms with Crippen LogP contribution in [-0.4, -0.2) is 26.5 Å². The Kier molecular flexibility index (Phi) is 4.76. The molecular weight excluding hydrogens is 267 g/mol. The first-order valence-electron chi connectivity index (χ1n) is 5.60. The summed E-state index contributed by atoms with van der Waals surface area (Å²) in [6, 6.07) is 7.30. The van der Waals surface area contributed by atoms with Gasteiger partial charge in [0.25, 0.3) is 0 Å². The lowest BCUT2D eigenvalue weighted by atomic mass is 9.77. The van der Waals surface area contributed by atoms with Crippen molar-refractivity contribution in [1.82, 2.24) is 9.36 Å². The van der Waals surface area contributed by atoms with E-state index in [-0.39, 0.29) is 0 Å². The number of aromatic nitrogens is 2. The van der Waals surface area contributed by atoms with Gasteiger partial charge in [-0.2, -0.15) is 4.37 Å². The van der Waals surface area contributed by atoms with E-state index in [1.54, 1.807) is 23.9 Å². The summed E-state index contributed by atoms with van der Waals surface area (Å²) in [5, 5.41) is 18.5. The molecule has 1 aromatic carbocycles. The molecule has 2 aromatic rings. The van der Waals surface area contributed by atoms with E-state index in [1.165, 1.54) is 11.5 Å². The predicted molar refractivity (Wildman–Crippen MR) is 75.1 cm³/mol. The Bertz CT molecular complexity index is 519. The minimum atomic E-state index is -1.43. The molecule has 0 radical (unpaired) electrons. The molecule has 0 unspecified atom stereocenters. The van der Waals surface area contributed by atoms with Crippen molar-refractivity contribution in [3.8, 4) is 0 Å². The first-order valence-corrected chi connectivity index (χ1v) is 7.36. The lowest BCUT2D eigenvalue weighted by Gasteiger charge is -2.06. The van der Waals surface area contributed by atoms with Crippen LogP contribution in [0, 0.1) is 0 Å². The molecule has 1 heterocycles. The Labute approximate surface area is 114 Å². The van der Waals surface area contributed by atoms with Gasteiger partial charge in [-0.25, -0.2) is 4.98 Å². The van der Waals surface area contributed by atoms with E-state index in [9.17, 15) is 10.0 Å². The summed E-state index contributed by atoms with van der Waals surface area (Å²) < 4.78 is 5.13. The smallest absolute Gasteiger partial charge is 0.423 e. The van der Waals surface area contributed by atoms with Crippen molar-refractivity contribution < 1.29 is 10.0 Å². The van der Waals surface area contributed by atoms with Crippen LogP contribution in [0.5, 0.6) is 0 Å². The fourth-order valence-electron chi connectivity index (χ4n) is 1.50. The molecule has 0 saturated heterocycles. The van der Waals surface area contributed by atoms with Gasteiger partial charge in [0.15, 0.2) is 4.34 Å².